The summed E-state index contributed by atoms with van der Waals surface area (Å²) in [5.74, 6) is 0.191. The summed E-state index contributed by atoms with van der Waals surface area (Å²) >= 11 is 1.52. The molecule has 0 bridgehead atoms. The van der Waals surface area contributed by atoms with Crippen LogP contribution >= 0.6 is 11.3 Å². The molecule has 0 radical (unpaired) electrons. The molecule has 3 aromatic rings. The first kappa shape index (κ1) is 19.0. The van der Waals surface area contributed by atoms with Gasteiger partial charge in [-0.2, -0.15) is 0 Å². The Labute approximate surface area is 167 Å². The number of aryl methyl sites for hydroxylation is 1. The molecule has 1 saturated heterocycles. The van der Waals surface area contributed by atoms with E-state index in [1.807, 2.05) is 19.1 Å². The third-order valence-corrected chi connectivity index (χ3v) is 5.91. The molecule has 0 amide bonds. The molecule has 146 valence electrons. The van der Waals surface area contributed by atoms with Gasteiger partial charge >= 0.3 is 0 Å². The number of ether oxygens (including phenoxy) is 1. The Morgan fingerprint density at radius 2 is 1.96 bits per heavy atom. The van der Waals surface area contributed by atoms with Crippen molar-refractivity contribution in [3.05, 3.63) is 35.2 Å². The molecular formula is C20H23N5O2S. The van der Waals surface area contributed by atoms with Gasteiger partial charge in [-0.3, -0.25) is 19.7 Å². The van der Waals surface area contributed by atoms with E-state index in [1.54, 1.807) is 19.5 Å². The van der Waals surface area contributed by atoms with Crippen molar-refractivity contribution in [2.45, 2.75) is 32.3 Å². The number of hydrogen-bond donors (Lipinski definition) is 0. The first-order valence-corrected chi connectivity index (χ1v) is 10.2. The van der Waals surface area contributed by atoms with Crippen molar-refractivity contribution in [3.63, 3.8) is 0 Å². The van der Waals surface area contributed by atoms with Crippen molar-refractivity contribution in [1.29, 1.82) is 0 Å². The maximum atomic E-state index is 12.5. The largest absolute Gasteiger partial charge is 0.381 e. The Bertz CT molecular complexity index is 982. The van der Waals surface area contributed by atoms with Crippen molar-refractivity contribution >= 4 is 27.9 Å². The Kier molecular flexibility index (Phi) is 5.70. The van der Waals surface area contributed by atoms with Crippen LogP contribution in [-0.4, -0.2) is 63.7 Å². The Balaban J connectivity index is 1.44. The molecular weight excluding hydrogens is 374 g/mol. The second kappa shape index (κ2) is 8.38. The summed E-state index contributed by atoms with van der Waals surface area (Å²) in [5, 5.41) is 11.9. The third-order valence-electron chi connectivity index (χ3n) is 5.05. The van der Waals surface area contributed by atoms with Gasteiger partial charge in [-0.1, -0.05) is 11.3 Å². The molecule has 0 unspecified atom stereocenters. The van der Waals surface area contributed by atoms with E-state index >= 15 is 0 Å². The molecule has 1 aliphatic rings. The predicted molar refractivity (Wildman–Crippen MR) is 108 cm³/mol. The van der Waals surface area contributed by atoms with Crippen molar-refractivity contribution in [2.24, 2.45) is 0 Å². The highest BCUT2D eigenvalue weighted by Crippen LogP contribution is 2.24. The number of ketones is 1. The first-order chi connectivity index (χ1) is 13.6. The predicted octanol–water partition coefficient (Wildman–Crippen LogP) is 2.68. The SMILES string of the molecule is COC1CCN(CC(=O)Cc2cc3cc(-c4nnc(C)s4)ncc3cn2)CC1. The number of carbonyl (C=O) groups excluding carboxylic acids is 1. The van der Waals surface area contributed by atoms with E-state index in [0.717, 1.165) is 58.1 Å². The van der Waals surface area contributed by atoms with Gasteiger partial charge in [0.1, 0.15) is 10.7 Å². The molecule has 4 heterocycles. The molecule has 0 aliphatic carbocycles. The molecule has 0 spiro atoms. The monoisotopic (exact) mass is 397 g/mol. The van der Waals surface area contributed by atoms with Gasteiger partial charge in [0.15, 0.2) is 10.8 Å². The minimum absolute atomic E-state index is 0.191. The number of methoxy groups -OCH3 is 1. The van der Waals surface area contributed by atoms with Crippen molar-refractivity contribution in [1.82, 2.24) is 25.1 Å². The number of Topliss-reactive ketones (excluding diaryl/α,β-unsaturated/α-hetero) is 1. The second-order valence-corrected chi connectivity index (χ2v) is 8.33. The minimum Gasteiger partial charge on any atom is -0.381 e. The second-order valence-electron chi connectivity index (χ2n) is 7.15. The zero-order valence-corrected chi connectivity index (χ0v) is 16.9. The Morgan fingerprint density at radius 3 is 2.68 bits per heavy atom. The van der Waals surface area contributed by atoms with Crippen LogP contribution in [-0.2, 0) is 16.0 Å². The number of piperidine rings is 1. The number of pyridine rings is 2. The Morgan fingerprint density at radius 1 is 1.18 bits per heavy atom. The molecule has 1 aliphatic heterocycles. The molecule has 3 aromatic heterocycles. The van der Waals surface area contributed by atoms with Gasteiger partial charge in [-0.25, -0.2) is 0 Å². The van der Waals surface area contributed by atoms with E-state index in [1.165, 1.54) is 11.3 Å². The summed E-state index contributed by atoms with van der Waals surface area (Å²) in [7, 11) is 1.75. The normalized spacial score (nSPS) is 15.9. The number of carbonyl (C=O) groups is 1. The van der Waals surface area contributed by atoms with Crippen LogP contribution in [0.5, 0.6) is 0 Å². The number of nitrogens with zero attached hydrogens (tertiary/aromatic N) is 5. The topological polar surface area (TPSA) is 81.1 Å². The maximum absolute atomic E-state index is 12.5. The van der Waals surface area contributed by atoms with Crippen LogP contribution in [0.15, 0.2) is 24.5 Å². The van der Waals surface area contributed by atoms with E-state index in [0.29, 0.717) is 19.1 Å². The van der Waals surface area contributed by atoms with Gasteiger partial charge in [0.05, 0.1) is 19.1 Å². The lowest BCUT2D eigenvalue weighted by Gasteiger charge is -2.30. The van der Waals surface area contributed by atoms with Gasteiger partial charge in [-0.05, 0) is 37.3 Å². The smallest absolute Gasteiger partial charge is 0.166 e. The lowest BCUT2D eigenvalue weighted by molar-refractivity contribution is -0.120. The molecule has 0 atom stereocenters. The molecule has 4 rings (SSSR count). The van der Waals surface area contributed by atoms with Crippen LogP contribution in [0.2, 0.25) is 0 Å². The minimum atomic E-state index is 0.191. The quantitative estimate of drug-likeness (QED) is 0.632. The lowest BCUT2D eigenvalue weighted by atomic mass is 10.1. The summed E-state index contributed by atoms with van der Waals surface area (Å²) in [5.41, 5.74) is 1.58. The maximum Gasteiger partial charge on any atom is 0.166 e. The van der Waals surface area contributed by atoms with Crippen molar-refractivity contribution in [3.8, 4) is 10.7 Å². The molecule has 1 fully saturated rings. The van der Waals surface area contributed by atoms with E-state index < -0.39 is 0 Å². The van der Waals surface area contributed by atoms with Crippen LogP contribution in [0.4, 0.5) is 0 Å². The summed E-state index contributed by atoms with van der Waals surface area (Å²) in [4.78, 5) is 23.6. The first-order valence-electron chi connectivity index (χ1n) is 9.43. The molecule has 7 nitrogen and oxygen atoms in total. The highest BCUT2D eigenvalue weighted by molar-refractivity contribution is 7.14. The van der Waals surface area contributed by atoms with E-state index in [9.17, 15) is 4.79 Å². The van der Waals surface area contributed by atoms with Gasteiger partial charge in [0.25, 0.3) is 0 Å². The van der Waals surface area contributed by atoms with Gasteiger partial charge < -0.3 is 4.74 Å². The van der Waals surface area contributed by atoms with Crippen LogP contribution in [0.3, 0.4) is 0 Å². The fourth-order valence-corrected chi connectivity index (χ4v) is 4.17. The molecule has 0 aromatic carbocycles. The fourth-order valence-electron chi connectivity index (χ4n) is 3.51. The molecule has 0 saturated carbocycles. The molecule has 28 heavy (non-hydrogen) atoms. The van der Waals surface area contributed by atoms with Crippen LogP contribution < -0.4 is 0 Å². The van der Waals surface area contributed by atoms with Crippen LogP contribution in [0.25, 0.3) is 21.5 Å². The van der Waals surface area contributed by atoms with Gasteiger partial charge in [0.2, 0.25) is 0 Å². The number of likely N-dealkylation sites (tertiary alicyclic amines) is 1. The average Bonchev–Trinajstić information content (AvgIpc) is 3.14. The zero-order chi connectivity index (χ0) is 19.5. The van der Waals surface area contributed by atoms with Gasteiger partial charge in [-0.15, -0.1) is 10.2 Å². The standard InChI is InChI=1S/C20H23N5O2S/c1-13-23-24-20(28-13)19-8-14-7-16(21-10-15(14)11-22-19)9-17(26)12-25-5-3-18(27-2)4-6-25/h7-8,10-11,18H,3-6,9,12H2,1-2H3. The number of hydrogen-bond acceptors (Lipinski definition) is 8. The van der Waals surface area contributed by atoms with Crippen LogP contribution in [0.1, 0.15) is 23.5 Å². The average molecular weight is 398 g/mol. The fraction of sp³-hybridized carbons (Fsp3) is 0.450. The number of fused-ring (bicyclic) bond motifs is 1. The highest BCUT2D eigenvalue weighted by Gasteiger charge is 2.20. The van der Waals surface area contributed by atoms with Crippen LogP contribution in [0, 0.1) is 6.92 Å². The Hall–Kier alpha value is -2.29. The summed E-state index contributed by atoms with van der Waals surface area (Å²) < 4.78 is 5.39. The molecule has 0 N–H and O–H groups in total. The zero-order valence-electron chi connectivity index (χ0n) is 16.1. The third kappa shape index (κ3) is 4.40. The molecule has 8 heteroatoms. The van der Waals surface area contributed by atoms with Crippen molar-refractivity contribution in [2.75, 3.05) is 26.7 Å². The van der Waals surface area contributed by atoms with Gasteiger partial charge in [0, 0.05) is 43.7 Å². The highest BCUT2D eigenvalue weighted by atomic mass is 32.1. The summed E-state index contributed by atoms with van der Waals surface area (Å²) in [6.07, 6.45) is 6.21. The summed E-state index contributed by atoms with van der Waals surface area (Å²) in [6, 6.07) is 3.96. The van der Waals surface area contributed by atoms with E-state index in [4.69, 9.17) is 4.74 Å². The van der Waals surface area contributed by atoms with E-state index in [2.05, 4.69) is 25.1 Å². The summed E-state index contributed by atoms with van der Waals surface area (Å²) in [6.45, 7) is 4.22. The number of aromatic nitrogens is 4. The van der Waals surface area contributed by atoms with Crippen molar-refractivity contribution < 1.29 is 9.53 Å². The lowest BCUT2D eigenvalue weighted by Crippen LogP contribution is -2.39. The van der Waals surface area contributed by atoms with E-state index in [-0.39, 0.29) is 5.78 Å². The number of rotatable bonds is 6.